The van der Waals surface area contributed by atoms with Gasteiger partial charge in [-0.05, 0) is 52.0 Å². The van der Waals surface area contributed by atoms with Gasteiger partial charge in [0.15, 0.2) is 5.76 Å². The lowest BCUT2D eigenvalue weighted by molar-refractivity contribution is -0.123. The van der Waals surface area contributed by atoms with Crippen molar-refractivity contribution in [1.29, 1.82) is 0 Å². The minimum absolute atomic E-state index is 0.0189. The standard InChI is InChI=1S/C18H22FN3O2/c1-22(2)11-5-10-20-17(23)18(8-9-18)16-12-15(24-21-16)13-6-3-4-7-14(13)19/h3-4,6-7,12H,5,8-11H2,1-2H3,(H,20,23). The third-order valence-electron chi connectivity index (χ3n) is 4.39. The number of amides is 1. The molecule has 1 N–H and O–H groups in total. The topological polar surface area (TPSA) is 58.4 Å². The van der Waals surface area contributed by atoms with Crippen molar-refractivity contribution in [2.45, 2.75) is 24.7 Å². The molecule has 1 amide bonds. The van der Waals surface area contributed by atoms with Gasteiger partial charge in [0.1, 0.15) is 5.82 Å². The summed E-state index contributed by atoms with van der Waals surface area (Å²) in [5.74, 6) is -0.0254. The minimum Gasteiger partial charge on any atom is -0.356 e. The van der Waals surface area contributed by atoms with Crippen molar-refractivity contribution < 1.29 is 13.7 Å². The second-order valence-corrected chi connectivity index (χ2v) is 6.55. The van der Waals surface area contributed by atoms with Crippen molar-refractivity contribution in [1.82, 2.24) is 15.4 Å². The van der Waals surface area contributed by atoms with Crippen LogP contribution in [-0.4, -0.2) is 43.1 Å². The highest BCUT2D eigenvalue weighted by Crippen LogP contribution is 2.48. The number of hydrogen-bond donors (Lipinski definition) is 1. The van der Waals surface area contributed by atoms with E-state index in [1.165, 1.54) is 6.07 Å². The van der Waals surface area contributed by atoms with Crippen LogP contribution in [0.5, 0.6) is 0 Å². The van der Waals surface area contributed by atoms with E-state index in [4.69, 9.17) is 4.52 Å². The van der Waals surface area contributed by atoms with Crippen LogP contribution in [0.2, 0.25) is 0 Å². The van der Waals surface area contributed by atoms with Crippen molar-refractivity contribution in [2.24, 2.45) is 0 Å². The zero-order valence-electron chi connectivity index (χ0n) is 14.0. The molecule has 1 aliphatic rings. The maximum absolute atomic E-state index is 13.9. The minimum atomic E-state index is -0.606. The largest absolute Gasteiger partial charge is 0.356 e. The lowest BCUT2D eigenvalue weighted by Gasteiger charge is -2.13. The number of nitrogens with one attached hydrogen (secondary N) is 1. The molecule has 0 atom stereocenters. The molecule has 0 saturated heterocycles. The second kappa shape index (κ2) is 6.73. The van der Waals surface area contributed by atoms with Crippen LogP contribution in [0.3, 0.4) is 0 Å². The van der Waals surface area contributed by atoms with Gasteiger partial charge in [0, 0.05) is 12.6 Å². The number of benzene rings is 1. The van der Waals surface area contributed by atoms with Crippen molar-refractivity contribution in [3.05, 3.63) is 41.8 Å². The van der Waals surface area contributed by atoms with Gasteiger partial charge >= 0.3 is 0 Å². The van der Waals surface area contributed by atoms with Crippen LogP contribution in [0.15, 0.2) is 34.9 Å². The van der Waals surface area contributed by atoms with E-state index in [2.05, 4.69) is 15.4 Å². The first kappa shape index (κ1) is 16.6. The third kappa shape index (κ3) is 3.33. The molecule has 0 spiro atoms. The SMILES string of the molecule is CN(C)CCCNC(=O)C1(c2cc(-c3ccccc3F)on2)CC1. The van der Waals surface area contributed by atoms with Crippen molar-refractivity contribution in [3.8, 4) is 11.3 Å². The highest BCUT2D eigenvalue weighted by atomic mass is 19.1. The van der Waals surface area contributed by atoms with Gasteiger partial charge in [-0.3, -0.25) is 4.79 Å². The fraction of sp³-hybridized carbons (Fsp3) is 0.444. The van der Waals surface area contributed by atoms with E-state index in [-0.39, 0.29) is 11.7 Å². The normalized spacial score (nSPS) is 15.5. The summed E-state index contributed by atoms with van der Waals surface area (Å²) >= 11 is 0. The summed E-state index contributed by atoms with van der Waals surface area (Å²) in [7, 11) is 4.01. The molecule has 0 bridgehead atoms. The van der Waals surface area contributed by atoms with Gasteiger partial charge in [0.25, 0.3) is 0 Å². The van der Waals surface area contributed by atoms with E-state index in [1.54, 1.807) is 24.3 Å². The van der Waals surface area contributed by atoms with E-state index in [0.29, 0.717) is 23.6 Å². The predicted octanol–water partition coefficient (Wildman–Crippen LogP) is 2.58. The third-order valence-corrected chi connectivity index (χ3v) is 4.39. The van der Waals surface area contributed by atoms with Gasteiger partial charge in [-0.15, -0.1) is 0 Å². The van der Waals surface area contributed by atoms with Gasteiger partial charge in [0.05, 0.1) is 16.7 Å². The first-order valence-electron chi connectivity index (χ1n) is 8.18. The van der Waals surface area contributed by atoms with Crippen molar-refractivity contribution in [3.63, 3.8) is 0 Å². The molecule has 128 valence electrons. The molecule has 3 rings (SSSR count). The molecule has 1 aromatic heterocycles. The first-order valence-corrected chi connectivity index (χ1v) is 8.18. The molecule has 0 unspecified atom stereocenters. The van der Waals surface area contributed by atoms with Crippen LogP contribution in [0.4, 0.5) is 4.39 Å². The summed E-state index contributed by atoms with van der Waals surface area (Å²) in [6, 6.07) is 8.07. The van der Waals surface area contributed by atoms with Gasteiger partial charge in [-0.2, -0.15) is 0 Å². The number of halogens is 1. The first-order chi connectivity index (χ1) is 11.5. The Balaban J connectivity index is 1.68. The van der Waals surface area contributed by atoms with E-state index < -0.39 is 5.41 Å². The highest BCUT2D eigenvalue weighted by molar-refractivity contribution is 5.91. The number of rotatable bonds is 7. The molecule has 2 aromatic rings. The Hall–Kier alpha value is -2.21. The zero-order chi connectivity index (χ0) is 17.2. The van der Waals surface area contributed by atoms with Crippen LogP contribution in [0.25, 0.3) is 11.3 Å². The molecule has 1 heterocycles. The van der Waals surface area contributed by atoms with Gasteiger partial charge in [0.2, 0.25) is 5.91 Å². The zero-order valence-corrected chi connectivity index (χ0v) is 14.0. The predicted molar refractivity (Wildman–Crippen MR) is 89.0 cm³/mol. The molecule has 6 heteroatoms. The van der Waals surface area contributed by atoms with Crippen LogP contribution in [0.1, 0.15) is 25.0 Å². The molecule has 0 aliphatic heterocycles. The fourth-order valence-corrected chi connectivity index (χ4v) is 2.78. The Labute approximate surface area is 140 Å². The Morgan fingerprint density at radius 1 is 1.38 bits per heavy atom. The molecular weight excluding hydrogens is 309 g/mol. The van der Waals surface area contributed by atoms with E-state index in [9.17, 15) is 9.18 Å². The summed E-state index contributed by atoms with van der Waals surface area (Å²) in [5.41, 5.74) is 0.342. The molecule has 1 saturated carbocycles. The van der Waals surface area contributed by atoms with Gasteiger partial charge < -0.3 is 14.7 Å². The summed E-state index contributed by atoms with van der Waals surface area (Å²) in [6.45, 7) is 1.56. The van der Waals surface area contributed by atoms with Crippen LogP contribution >= 0.6 is 0 Å². The summed E-state index contributed by atoms with van der Waals surface area (Å²) < 4.78 is 19.1. The van der Waals surface area contributed by atoms with Gasteiger partial charge in [-0.25, -0.2) is 4.39 Å². The monoisotopic (exact) mass is 331 g/mol. The average molecular weight is 331 g/mol. The maximum Gasteiger partial charge on any atom is 0.232 e. The number of nitrogens with zero attached hydrogens (tertiary/aromatic N) is 2. The van der Waals surface area contributed by atoms with Crippen molar-refractivity contribution in [2.75, 3.05) is 27.2 Å². The number of carbonyl (C=O) groups excluding carboxylic acids is 1. The molecule has 0 radical (unpaired) electrons. The molecular formula is C18H22FN3O2. The fourth-order valence-electron chi connectivity index (χ4n) is 2.78. The van der Waals surface area contributed by atoms with Crippen LogP contribution in [-0.2, 0) is 10.2 Å². The molecule has 1 aliphatic carbocycles. The van der Waals surface area contributed by atoms with E-state index in [0.717, 1.165) is 25.8 Å². The molecule has 5 nitrogen and oxygen atoms in total. The molecule has 1 fully saturated rings. The quantitative estimate of drug-likeness (QED) is 0.792. The summed E-state index contributed by atoms with van der Waals surface area (Å²) in [5, 5.41) is 7.01. The Morgan fingerprint density at radius 3 is 2.79 bits per heavy atom. The summed E-state index contributed by atoms with van der Waals surface area (Å²) in [6.07, 6.45) is 2.39. The molecule has 24 heavy (non-hydrogen) atoms. The number of hydrogen-bond acceptors (Lipinski definition) is 4. The summed E-state index contributed by atoms with van der Waals surface area (Å²) in [4.78, 5) is 14.6. The van der Waals surface area contributed by atoms with Gasteiger partial charge in [-0.1, -0.05) is 17.3 Å². The Bertz CT molecular complexity index is 723. The van der Waals surface area contributed by atoms with E-state index in [1.807, 2.05) is 14.1 Å². The highest BCUT2D eigenvalue weighted by Gasteiger charge is 2.53. The molecule has 1 aromatic carbocycles. The maximum atomic E-state index is 13.9. The Kier molecular flexibility index (Phi) is 4.66. The number of carbonyl (C=O) groups is 1. The van der Waals surface area contributed by atoms with Crippen molar-refractivity contribution >= 4 is 5.91 Å². The Morgan fingerprint density at radius 2 is 2.12 bits per heavy atom. The average Bonchev–Trinajstić information content (AvgIpc) is 3.23. The number of aromatic nitrogens is 1. The lowest BCUT2D eigenvalue weighted by Crippen LogP contribution is -2.36. The lowest BCUT2D eigenvalue weighted by atomic mass is 10.00. The van der Waals surface area contributed by atoms with E-state index >= 15 is 0 Å². The van der Waals surface area contributed by atoms with Crippen LogP contribution < -0.4 is 5.32 Å². The van der Waals surface area contributed by atoms with Crippen LogP contribution in [0, 0.1) is 5.82 Å². The second-order valence-electron chi connectivity index (χ2n) is 6.55. The smallest absolute Gasteiger partial charge is 0.232 e.